The summed E-state index contributed by atoms with van der Waals surface area (Å²) in [5, 5.41) is 14.5. The van der Waals surface area contributed by atoms with Crippen molar-refractivity contribution in [3.63, 3.8) is 0 Å². The second-order valence-electron chi connectivity index (χ2n) is 4.79. The van der Waals surface area contributed by atoms with Crippen molar-refractivity contribution in [2.24, 2.45) is 0 Å². The lowest BCUT2D eigenvalue weighted by molar-refractivity contribution is 0.301. The van der Waals surface area contributed by atoms with Crippen molar-refractivity contribution in [1.82, 2.24) is 20.3 Å². The van der Waals surface area contributed by atoms with Crippen molar-refractivity contribution in [3.05, 3.63) is 27.5 Å². The van der Waals surface area contributed by atoms with Crippen molar-refractivity contribution in [3.8, 4) is 0 Å². The van der Waals surface area contributed by atoms with E-state index in [0.29, 0.717) is 5.92 Å². The molecule has 0 aliphatic rings. The van der Waals surface area contributed by atoms with Gasteiger partial charge in [-0.05, 0) is 14.0 Å². The summed E-state index contributed by atoms with van der Waals surface area (Å²) in [6.07, 6.45) is 0. The van der Waals surface area contributed by atoms with E-state index in [9.17, 15) is 0 Å². The van der Waals surface area contributed by atoms with Gasteiger partial charge >= 0.3 is 0 Å². The summed E-state index contributed by atoms with van der Waals surface area (Å²) in [7, 11) is 2.04. The molecule has 0 saturated heterocycles. The predicted octanol–water partition coefficient (Wildman–Crippen LogP) is 2.59. The Hall–Kier alpha value is -1.27. The first kappa shape index (κ1) is 13.2. The van der Waals surface area contributed by atoms with Gasteiger partial charge in [-0.3, -0.25) is 4.90 Å². The lowest BCUT2D eigenvalue weighted by Crippen LogP contribution is -2.17. The summed E-state index contributed by atoms with van der Waals surface area (Å²) in [5.74, 6) is 1.29. The maximum Gasteiger partial charge on any atom is 0.133 e. The largest absolute Gasteiger partial charge is 0.361 e. The Morgan fingerprint density at radius 2 is 2.11 bits per heavy atom. The maximum atomic E-state index is 5.05. The third-order valence-electron chi connectivity index (χ3n) is 2.49. The van der Waals surface area contributed by atoms with Crippen molar-refractivity contribution in [2.75, 3.05) is 7.05 Å². The van der Waals surface area contributed by atoms with Crippen LogP contribution in [-0.4, -0.2) is 27.3 Å². The summed E-state index contributed by atoms with van der Waals surface area (Å²) in [6, 6.07) is 1.95. The molecule has 0 aliphatic carbocycles. The zero-order chi connectivity index (χ0) is 13.1. The van der Waals surface area contributed by atoms with Crippen molar-refractivity contribution in [1.29, 1.82) is 0 Å². The van der Waals surface area contributed by atoms with Crippen LogP contribution in [0.25, 0.3) is 0 Å². The van der Waals surface area contributed by atoms with Crippen LogP contribution in [0.3, 0.4) is 0 Å². The molecule has 0 aliphatic heterocycles. The van der Waals surface area contributed by atoms with Crippen LogP contribution in [0.15, 0.2) is 10.6 Å². The molecule has 0 amide bonds. The van der Waals surface area contributed by atoms with Gasteiger partial charge in [-0.15, -0.1) is 10.2 Å². The van der Waals surface area contributed by atoms with Crippen LogP contribution in [0, 0.1) is 6.92 Å². The monoisotopic (exact) mass is 266 g/mol. The van der Waals surface area contributed by atoms with Gasteiger partial charge in [-0.1, -0.05) is 30.3 Å². The first-order valence-corrected chi connectivity index (χ1v) is 6.79. The molecule has 98 valence electrons. The summed E-state index contributed by atoms with van der Waals surface area (Å²) in [5.41, 5.74) is 0.948. The van der Waals surface area contributed by atoms with E-state index in [1.165, 1.54) is 0 Å². The summed E-state index contributed by atoms with van der Waals surface area (Å²) >= 11 is 1.68. The smallest absolute Gasteiger partial charge is 0.133 e. The van der Waals surface area contributed by atoms with E-state index in [1.54, 1.807) is 11.3 Å². The molecule has 0 saturated carbocycles. The summed E-state index contributed by atoms with van der Waals surface area (Å²) in [4.78, 5) is 2.15. The Morgan fingerprint density at radius 3 is 2.67 bits per heavy atom. The molecule has 0 spiro atoms. The van der Waals surface area contributed by atoms with Crippen LogP contribution < -0.4 is 0 Å². The lowest BCUT2D eigenvalue weighted by Gasteiger charge is -2.11. The molecule has 0 N–H and O–H groups in total. The average Bonchev–Trinajstić information content (AvgIpc) is 2.88. The zero-order valence-corrected chi connectivity index (χ0v) is 12.0. The van der Waals surface area contributed by atoms with Gasteiger partial charge in [0.2, 0.25) is 0 Å². The summed E-state index contributed by atoms with van der Waals surface area (Å²) in [6.45, 7) is 7.71. The molecular formula is C12H18N4OS. The van der Waals surface area contributed by atoms with Gasteiger partial charge < -0.3 is 4.52 Å². The number of aromatic nitrogens is 3. The number of hydrogen-bond donors (Lipinski definition) is 0. The Balaban J connectivity index is 1.92. The molecule has 18 heavy (non-hydrogen) atoms. The molecule has 2 heterocycles. The number of hydrogen-bond acceptors (Lipinski definition) is 6. The Kier molecular flexibility index (Phi) is 4.08. The van der Waals surface area contributed by atoms with E-state index in [4.69, 9.17) is 4.52 Å². The molecule has 0 unspecified atom stereocenters. The minimum absolute atomic E-state index is 0.444. The minimum atomic E-state index is 0.444. The van der Waals surface area contributed by atoms with Crippen LogP contribution in [-0.2, 0) is 13.1 Å². The fraction of sp³-hybridized carbons (Fsp3) is 0.583. The van der Waals surface area contributed by atoms with Gasteiger partial charge in [0.05, 0.1) is 12.2 Å². The number of nitrogens with zero attached hydrogens (tertiary/aromatic N) is 4. The molecule has 0 atom stereocenters. The highest BCUT2D eigenvalue weighted by Gasteiger charge is 2.11. The van der Waals surface area contributed by atoms with E-state index < -0.39 is 0 Å². The van der Waals surface area contributed by atoms with Gasteiger partial charge in [0.25, 0.3) is 0 Å². The van der Waals surface area contributed by atoms with Crippen molar-refractivity contribution >= 4 is 11.3 Å². The quantitative estimate of drug-likeness (QED) is 0.832. The number of rotatable bonds is 5. The van der Waals surface area contributed by atoms with E-state index in [-0.39, 0.29) is 0 Å². The van der Waals surface area contributed by atoms with Gasteiger partial charge in [0.15, 0.2) is 0 Å². The fourth-order valence-corrected chi connectivity index (χ4v) is 2.54. The third-order valence-corrected chi connectivity index (χ3v) is 3.70. The van der Waals surface area contributed by atoms with E-state index in [1.807, 2.05) is 20.0 Å². The second-order valence-corrected chi connectivity index (χ2v) is 5.88. The molecule has 0 fully saturated rings. The molecular weight excluding hydrogens is 248 g/mol. The standard InChI is InChI=1S/C12H18N4OS/c1-8(2)12-14-13-11(18-12)7-16(4)6-10-5-9(3)17-15-10/h5,8H,6-7H2,1-4H3. The highest BCUT2D eigenvalue weighted by Crippen LogP contribution is 2.20. The third kappa shape index (κ3) is 3.36. The Bertz CT molecular complexity index is 506. The van der Waals surface area contributed by atoms with E-state index in [0.717, 1.165) is 34.6 Å². The van der Waals surface area contributed by atoms with Crippen molar-refractivity contribution < 1.29 is 4.52 Å². The molecule has 6 heteroatoms. The molecule has 2 aromatic heterocycles. The Morgan fingerprint density at radius 1 is 1.33 bits per heavy atom. The maximum absolute atomic E-state index is 5.05. The Labute approximate surface area is 111 Å². The summed E-state index contributed by atoms with van der Waals surface area (Å²) < 4.78 is 5.05. The minimum Gasteiger partial charge on any atom is -0.361 e. The molecule has 0 radical (unpaired) electrons. The lowest BCUT2D eigenvalue weighted by atomic mass is 10.2. The van der Waals surface area contributed by atoms with E-state index >= 15 is 0 Å². The molecule has 2 rings (SSSR count). The van der Waals surface area contributed by atoms with Crippen LogP contribution in [0.1, 0.15) is 41.2 Å². The average molecular weight is 266 g/mol. The zero-order valence-electron chi connectivity index (χ0n) is 11.2. The van der Waals surface area contributed by atoms with Gasteiger partial charge in [-0.2, -0.15) is 0 Å². The second kappa shape index (κ2) is 5.58. The number of aryl methyl sites for hydroxylation is 1. The first-order chi connectivity index (χ1) is 8.54. The van der Waals surface area contributed by atoms with Gasteiger partial charge in [0.1, 0.15) is 15.8 Å². The predicted molar refractivity (Wildman–Crippen MR) is 70.4 cm³/mol. The highest BCUT2D eigenvalue weighted by molar-refractivity contribution is 7.11. The highest BCUT2D eigenvalue weighted by atomic mass is 32.1. The topological polar surface area (TPSA) is 55.1 Å². The van der Waals surface area contributed by atoms with Crippen molar-refractivity contribution in [2.45, 2.75) is 39.8 Å². The van der Waals surface area contributed by atoms with Gasteiger partial charge in [-0.25, -0.2) is 0 Å². The SMILES string of the molecule is Cc1cc(CN(C)Cc2nnc(C(C)C)s2)no1. The van der Waals surface area contributed by atoms with E-state index in [2.05, 4.69) is 34.1 Å². The normalized spacial score (nSPS) is 11.7. The fourth-order valence-electron chi connectivity index (χ4n) is 1.62. The molecule has 0 bridgehead atoms. The van der Waals surface area contributed by atoms with Crippen LogP contribution in [0.2, 0.25) is 0 Å². The molecule has 0 aromatic carbocycles. The van der Waals surface area contributed by atoms with Gasteiger partial charge in [0, 0.05) is 18.5 Å². The van der Waals surface area contributed by atoms with Crippen LogP contribution in [0.4, 0.5) is 0 Å². The molecule has 2 aromatic rings. The first-order valence-electron chi connectivity index (χ1n) is 5.97. The van der Waals surface area contributed by atoms with Crippen LogP contribution >= 0.6 is 11.3 Å². The van der Waals surface area contributed by atoms with Crippen LogP contribution in [0.5, 0.6) is 0 Å². The molecule has 5 nitrogen and oxygen atoms in total.